The Labute approximate surface area is 182 Å². The van der Waals surface area contributed by atoms with E-state index in [1.54, 1.807) is 12.3 Å². The Balaban J connectivity index is 1.84. The SMILES string of the molecule is CCOc1c(/C(C)=C/C(=O)N2CCCC2)cc2c(-c3ccc(Cl)cc3)coc2c1C. The number of amides is 1. The van der Waals surface area contributed by atoms with E-state index in [-0.39, 0.29) is 5.91 Å². The maximum absolute atomic E-state index is 12.7. The van der Waals surface area contributed by atoms with Crippen molar-refractivity contribution in [1.29, 1.82) is 0 Å². The van der Waals surface area contributed by atoms with Gasteiger partial charge in [-0.05, 0) is 62.9 Å². The zero-order valence-electron chi connectivity index (χ0n) is 17.6. The first-order valence-electron chi connectivity index (χ1n) is 10.4. The van der Waals surface area contributed by atoms with E-state index >= 15 is 0 Å². The van der Waals surface area contributed by atoms with Crippen molar-refractivity contribution in [3.05, 3.63) is 58.8 Å². The predicted octanol–water partition coefficient (Wildman–Crippen LogP) is 6.49. The second kappa shape index (κ2) is 8.57. The minimum absolute atomic E-state index is 0.0651. The molecule has 0 saturated carbocycles. The molecule has 2 aromatic carbocycles. The van der Waals surface area contributed by atoms with Gasteiger partial charge in [-0.25, -0.2) is 0 Å². The maximum atomic E-state index is 12.7. The Kier molecular flexibility index (Phi) is 5.87. The zero-order chi connectivity index (χ0) is 21.3. The molecule has 1 saturated heterocycles. The standard InChI is InChI=1S/C25H26ClNO3/c1-4-29-24-17(3)25-21(22(15-30-25)18-7-9-19(26)10-8-18)14-20(24)16(2)13-23(28)27-11-5-6-12-27/h7-10,13-15H,4-6,11-12H2,1-3H3/b16-13+. The van der Waals surface area contributed by atoms with E-state index in [2.05, 4.69) is 6.07 Å². The molecular weight excluding hydrogens is 398 g/mol. The first-order valence-corrected chi connectivity index (χ1v) is 10.8. The van der Waals surface area contributed by atoms with E-state index < -0.39 is 0 Å². The van der Waals surface area contributed by atoms with Crippen LogP contribution in [0.25, 0.3) is 27.7 Å². The minimum atomic E-state index is 0.0651. The second-order valence-electron chi connectivity index (χ2n) is 7.70. The summed E-state index contributed by atoms with van der Waals surface area (Å²) in [6, 6.07) is 9.79. The Morgan fingerprint density at radius 2 is 1.93 bits per heavy atom. The number of aryl methyl sites for hydroxylation is 1. The molecule has 1 amide bonds. The normalized spacial score (nSPS) is 14.5. The lowest BCUT2D eigenvalue weighted by Gasteiger charge is -2.16. The molecule has 4 nitrogen and oxygen atoms in total. The van der Waals surface area contributed by atoms with Gasteiger partial charge in [-0.2, -0.15) is 0 Å². The summed E-state index contributed by atoms with van der Waals surface area (Å²) < 4.78 is 11.9. The molecular formula is C25H26ClNO3. The van der Waals surface area contributed by atoms with Gasteiger partial charge in [-0.1, -0.05) is 23.7 Å². The molecule has 0 radical (unpaired) electrons. The van der Waals surface area contributed by atoms with E-state index in [9.17, 15) is 4.79 Å². The van der Waals surface area contributed by atoms with Gasteiger partial charge in [0, 0.05) is 46.3 Å². The minimum Gasteiger partial charge on any atom is -0.493 e. The molecule has 2 heterocycles. The molecule has 4 rings (SSSR count). The number of ether oxygens (including phenoxy) is 1. The van der Waals surface area contributed by atoms with Crippen LogP contribution in [0.3, 0.4) is 0 Å². The van der Waals surface area contributed by atoms with Crippen molar-refractivity contribution in [2.45, 2.75) is 33.6 Å². The van der Waals surface area contributed by atoms with Gasteiger partial charge in [0.1, 0.15) is 11.3 Å². The number of hydrogen-bond acceptors (Lipinski definition) is 3. The lowest BCUT2D eigenvalue weighted by Crippen LogP contribution is -2.25. The first-order chi connectivity index (χ1) is 14.5. The van der Waals surface area contributed by atoms with Crippen molar-refractivity contribution in [3.63, 3.8) is 0 Å². The second-order valence-corrected chi connectivity index (χ2v) is 8.14. The molecule has 0 N–H and O–H groups in total. The van der Waals surface area contributed by atoms with Crippen LogP contribution in [-0.4, -0.2) is 30.5 Å². The molecule has 1 aliphatic rings. The van der Waals surface area contributed by atoms with Crippen molar-refractivity contribution in [2.75, 3.05) is 19.7 Å². The molecule has 0 spiro atoms. The van der Waals surface area contributed by atoms with E-state index in [1.807, 2.05) is 49.9 Å². The molecule has 0 unspecified atom stereocenters. The van der Waals surface area contributed by atoms with E-state index in [0.29, 0.717) is 11.6 Å². The zero-order valence-corrected chi connectivity index (χ0v) is 18.4. The molecule has 1 aliphatic heterocycles. The Hall–Kier alpha value is -2.72. The van der Waals surface area contributed by atoms with Crippen LogP contribution in [-0.2, 0) is 4.79 Å². The van der Waals surface area contributed by atoms with Crippen molar-refractivity contribution in [1.82, 2.24) is 4.90 Å². The number of benzene rings is 2. The van der Waals surface area contributed by atoms with E-state index in [0.717, 1.165) is 70.5 Å². The number of allylic oxidation sites excluding steroid dienone is 1. The summed E-state index contributed by atoms with van der Waals surface area (Å²) in [7, 11) is 0. The first kappa shape index (κ1) is 20.5. The smallest absolute Gasteiger partial charge is 0.246 e. The summed E-state index contributed by atoms with van der Waals surface area (Å²) in [5, 5.41) is 1.69. The molecule has 0 atom stereocenters. The van der Waals surface area contributed by atoms with Crippen molar-refractivity contribution < 1.29 is 13.9 Å². The highest BCUT2D eigenvalue weighted by Gasteiger charge is 2.21. The number of carbonyl (C=O) groups is 1. The van der Waals surface area contributed by atoms with Crippen LogP contribution < -0.4 is 4.74 Å². The third-order valence-electron chi connectivity index (χ3n) is 5.67. The Bertz CT molecular complexity index is 1110. The van der Waals surface area contributed by atoms with Gasteiger partial charge in [0.2, 0.25) is 5.91 Å². The summed E-state index contributed by atoms with van der Waals surface area (Å²) in [4.78, 5) is 14.6. The van der Waals surface area contributed by atoms with Gasteiger partial charge in [-0.15, -0.1) is 0 Å². The summed E-state index contributed by atoms with van der Waals surface area (Å²) in [5.74, 6) is 0.834. The van der Waals surface area contributed by atoms with Crippen LogP contribution in [0.15, 0.2) is 47.1 Å². The average molecular weight is 424 g/mol. The van der Waals surface area contributed by atoms with E-state index in [4.69, 9.17) is 20.8 Å². The highest BCUT2D eigenvalue weighted by Crippen LogP contribution is 2.41. The summed E-state index contributed by atoms with van der Waals surface area (Å²) >= 11 is 6.06. The maximum Gasteiger partial charge on any atom is 0.246 e. The number of nitrogens with zero attached hydrogens (tertiary/aromatic N) is 1. The fourth-order valence-corrected chi connectivity index (χ4v) is 4.21. The van der Waals surface area contributed by atoms with Crippen LogP contribution in [0.5, 0.6) is 5.75 Å². The topological polar surface area (TPSA) is 42.7 Å². The number of carbonyl (C=O) groups excluding carboxylic acids is 1. The third-order valence-corrected chi connectivity index (χ3v) is 5.92. The van der Waals surface area contributed by atoms with Gasteiger partial charge in [0.25, 0.3) is 0 Å². The summed E-state index contributed by atoms with van der Waals surface area (Å²) in [6.07, 6.45) is 5.66. The lowest BCUT2D eigenvalue weighted by atomic mass is 9.96. The molecule has 5 heteroatoms. The highest BCUT2D eigenvalue weighted by molar-refractivity contribution is 6.30. The largest absolute Gasteiger partial charge is 0.493 e. The Morgan fingerprint density at radius 1 is 1.23 bits per heavy atom. The van der Waals surface area contributed by atoms with Gasteiger partial charge >= 0.3 is 0 Å². The van der Waals surface area contributed by atoms with Gasteiger partial charge in [-0.3, -0.25) is 4.79 Å². The van der Waals surface area contributed by atoms with Crippen molar-refractivity contribution >= 4 is 34.1 Å². The Morgan fingerprint density at radius 3 is 2.60 bits per heavy atom. The average Bonchev–Trinajstić information content (AvgIpc) is 3.41. The van der Waals surface area contributed by atoms with Crippen LogP contribution in [0.2, 0.25) is 5.02 Å². The fourth-order valence-electron chi connectivity index (χ4n) is 4.08. The predicted molar refractivity (Wildman–Crippen MR) is 122 cm³/mol. The molecule has 30 heavy (non-hydrogen) atoms. The number of furan rings is 1. The number of hydrogen-bond donors (Lipinski definition) is 0. The highest BCUT2D eigenvalue weighted by atomic mass is 35.5. The monoisotopic (exact) mass is 423 g/mol. The van der Waals surface area contributed by atoms with Gasteiger partial charge < -0.3 is 14.1 Å². The van der Waals surface area contributed by atoms with Crippen molar-refractivity contribution in [2.24, 2.45) is 0 Å². The van der Waals surface area contributed by atoms with Gasteiger partial charge in [0.05, 0.1) is 12.9 Å². The molecule has 1 aromatic heterocycles. The van der Waals surface area contributed by atoms with Crippen LogP contribution in [0.1, 0.15) is 37.8 Å². The summed E-state index contributed by atoms with van der Waals surface area (Å²) in [6.45, 7) is 8.14. The number of likely N-dealkylation sites (tertiary alicyclic amines) is 1. The molecule has 3 aromatic rings. The van der Waals surface area contributed by atoms with Crippen LogP contribution in [0.4, 0.5) is 0 Å². The molecule has 1 fully saturated rings. The third kappa shape index (κ3) is 3.84. The summed E-state index contributed by atoms with van der Waals surface area (Å²) in [5.41, 5.74) is 5.57. The quantitative estimate of drug-likeness (QED) is 0.440. The van der Waals surface area contributed by atoms with Crippen molar-refractivity contribution in [3.8, 4) is 16.9 Å². The number of halogens is 1. The lowest BCUT2D eigenvalue weighted by molar-refractivity contribution is -0.124. The number of fused-ring (bicyclic) bond motifs is 1. The molecule has 0 aliphatic carbocycles. The van der Waals surface area contributed by atoms with Gasteiger partial charge in [0.15, 0.2) is 0 Å². The van der Waals surface area contributed by atoms with Crippen LogP contribution in [0, 0.1) is 6.92 Å². The fraction of sp³-hybridized carbons (Fsp3) is 0.320. The molecule has 0 bridgehead atoms. The number of rotatable bonds is 5. The molecule has 156 valence electrons. The van der Waals surface area contributed by atoms with Crippen LogP contribution >= 0.6 is 11.6 Å². The van der Waals surface area contributed by atoms with E-state index in [1.165, 1.54) is 0 Å².